The minimum atomic E-state index is -3.25. The summed E-state index contributed by atoms with van der Waals surface area (Å²) in [6.45, 7) is 5.92. The Balaban J connectivity index is 2.12. The van der Waals surface area contributed by atoms with E-state index in [0.29, 0.717) is 11.2 Å². The fourth-order valence-electron chi connectivity index (χ4n) is 2.86. The van der Waals surface area contributed by atoms with Crippen molar-refractivity contribution in [1.29, 1.82) is 0 Å². The van der Waals surface area contributed by atoms with Crippen LogP contribution in [0.4, 0.5) is 5.69 Å². The summed E-state index contributed by atoms with van der Waals surface area (Å²) in [5.74, 6) is -0.651. The predicted molar refractivity (Wildman–Crippen MR) is 110 cm³/mol. The standard InChI is InChI=1S/C20H22N4O3S/c1-20(2,3)22-17-15-10-7-13(11-16(15)23-24-18(17)19(21)25)12-5-8-14(9-6-12)28(4,26)27/h5-11H,1-4H3,(H2,21,25)(H,22,23). The molecule has 1 amide bonds. The molecule has 0 saturated carbocycles. The summed E-state index contributed by atoms with van der Waals surface area (Å²) in [6, 6.07) is 12.2. The van der Waals surface area contributed by atoms with Crippen LogP contribution in [0.5, 0.6) is 0 Å². The van der Waals surface area contributed by atoms with Gasteiger partial charge < -0.3 is 11.1 Å². The molecule has 0 aliphatic carbocycles. The zero-order chi connectivity index (χ0) is 20.7. The summed E-state index contributed by atoms with van der Waals surface area (Å²) in [5, 5.41) is 12.2. The van der Waals surface area contributed by atoms with Crippen molar-refractivity contribution in [2.75, 3.05) is 11.6 Å². The summed E-state index contributed by atoms with van der Waals surface area (Å²) in [6.07, 6.45) is 1.17. The Morgan fingerprint density at radius 1 is 1.00 bits per heavy atom. The Labute approximate surface area is 163 Å². The minimum absolute atomic E-state index is 0.0904. The summed E-state index contributed by atoms with van der Waals surface area (Å²) < 4.78 is 23.3. The second-order valence-corrected chi connectivity index (χ2v) is 9.71. The van der Waals surface area contributed by atoms with Crippen molar-refractivity contribution in [2.24, 2.45) is 5.73 Å². The normalized spacial score (nSPS) is 12.1. The molecule has 0 bridgehead atoms. The number of sulfone groups is 1. The van der Waals surface area contributed by atoms with E-state index >= 15 is 0 Å². The van der Waals surface area contributed by atoms with Gasteiger partial charge in [0, 0.05) is 17.2 Å². The number of fused-ring (bicyclic) bond motifs is 1. The SMILES string of the molecule is CC(C)(C)Nc1c(C(N)=O)nnc2cc(-c3ccc(S(C)(=O)=O)cc3)ccc12. The second kappa shape index (κ2) is 6.87. The first-order chi connectivity index (χ1) is 13.0. The number of carbonyl (C=O) groups excluding carboxylic acids is 1. The number of amides is 1. The molecular weight excluding hydrogens is 376 g/mol. The van der Waals surface area contributed by atoms with Gasteiger partial charge in [0.25, 0.3) is 5.91 Å². The monoisotopic (exact) mass is 398 g/mol. The zero-order valence-corrected chi connectivity index (χ0v) is 17.0. The van der Waals surface area contributed by atoms with Gasteiger partial charge in [0.2, 0.25) is 0 Å². The Morgan fingerprint density at radius 3 is 2.14 bits per heavy atom. The van der Waals surface area contributed by atoms with Crippen LogP contribution in [0.2, 0.25) is 0 Å². The lowest BCUT2D eigenvalue weighted by atomic mass is 10.0. The average Bonchev–Trinajstić information content (AvgIpc) is 2.59. The van der Waals surface area contributed by atoms with Crippen molar-refractivity contribution < 1.29 is 13.2 Å². The van der Waals surface area contributed by atoms with Gasteiger partial charge in [-0.15, -0.1) is 10.2 Å². The fraction of sp³-hybridized carbons (Fsp3) is 0.250. The maximum Gasteiger partial charge on any atom is 0.271 e. The van der Waals surface area contributed by atoms with Crippen molar-refractivity contribution in [3.63, 3.8) is 0 Å². The highest BCUT2D eigenvalue weighted by Crippen LogP contribution is 2.31. The highest BCUT2D eigenvalue weighted by atomic mass is 32.2. The van der Waals surface area contributed by atoms with E-state index in [0.717, 1.165) is 16.5 Å². The number of hydrogen-bond donors (Lipinski definition) is 2. The van der Waals surface area contributed by atoms with Crippen molar-refractivity contribution in [3.8, 4) is 11.1 Å². The lowest BCUT2D eigenvalue weighted by molar-refractivity contribution is 0.0995. The Bertz CT molecular complexity index is 1160. The second-order valence-electron chi connectivity index (χ2n) is 7.69. The molecule has 1 heterocycles. The van der Waals surface area contributed by atoms with Crippen LogP contribution in [0.1, 0.15) is 31.3 Å². The molecule has 3 rings (SSSR count). The van der Waals surface area contributed by atoms with Gasteiger partial charge in [-0.1, -0.05) is 18.2 Å². The first kappa shape index (κ1) is 19.8. The zero-order valence-electron chi connectivity index (χ0n) is 16.1. The number of nitrogens with one attached hydrogen (secondary N) is 1. The molecule has 2 aromatic carbocycles. The molecule has 0 aliphatic heterocycles. The van der Waals surface area contributed by atoms with Gasteiger partial charge in [-0.3, -0.25) is 4.79 Å². The molecule has 0 radical (unpaired) electrons. The van der Waals surface area contributed by atoms with E-state index in [2.05, 4.69) is 15.5 Å². The minimum Gasteiger partial charge on any atom is -0.378 e. The largest absolute Gasteiger partial charge is 0.378 e. The summed E-state index contributed by atoms with van der Waals surface area (Å²) in [5.41, 5.74) is 8.10. The number of anilines is 1. The van der Waals surface area contributed by atoms with Gasteiger partial charge in [-0.2, -0.15) is 0 Å². The van der Waals surface area contributed by atoms with E-state index in [-0.39, 0.29) is 16.1 Å². The molecule has 0 fully saturated rings. The third-order valence-corrected chi connectivity index (χ3v) is 5.24. The fourth-order valence-corrected chi connectivity index (χ4v) is 3.49. The third kappa shape index (κ3) is 4.12. The smallest absolute Gasteiger partial charge is 0.271 e. The number of hydrogen-bond acceptors (Lipinski definition) is 6. The van der Waals surface area contributed by atoms with E-state index in [1.54, 1.807) is 24.3 Å². The quantitative estimate of drug-likeness (QED) is 0.698. The van der Waals surface area contributed by atoms with Gasteiger partial charge in [-0.25, -0.2) is 8.42 Å². The molecule has 7 nitrogen and oxygen atoms in total. The van der Waals surface area contributed by atoms with E-state index in [1.165, 1.54) is 6.26 Å². The molecule has 0 aliphatic rings. The highest BCUT2D eigenvalue weighted by molar-refractivity contribution is 7.90. The first-order valence-electron chi connectivity index (χ1n) is 8.65. The van der Waals surface area contributed by atoms with Crippen LogP contribution in [0.15, 0.2) is 47.4 Å². The van der Waals surface area contributed by atoms with E-state index in [1.807, 2.05) is 39.0 Å². The van der Waals surface area contributed by atoms with Crippen LogP contribution in [0.25, 0.3) is 22.0 Å². The van der Waals surface area contributed by atoms with Crippen molar-refractivity contribution in [3.05, 3.63) is 48.2 Å². The number of nitrogens with zero attached hydrogens (tertiary/aromatic N) is 2. The maximum atomic E-state index is 11.8. The molecule has 28 heavy (non-hydrogen) atoms. The van der Waals surface area contributed by atoms with Crippen LogP contribution in [-0.4, -0.2) is 36.3 Å². The van der Waals surface area contributed by atoms with Crippen LogP contribution in [0.3, 0.4) is 0 Å². The average molecular weight is 398 g/mol. The van der Waals surface area contributed by atoms with Gasteiger partial charge in [-0.05, 0) is 56.2 Å². The predicted octanol–water partition coefficient (Wildman–Crippen LogP) is 3.01. The lowest BCUT2D eigenvalue weighted by Crippen LogP contribution is -2.29. The van der Waals surface area contributed by atoms with Crippen molar-refractivity contribution >= 4 is 32.3 Å². The molecule has 0 atom stereocenters. The summed E-state index contributed by atoms with van der Waals surface area (Å²) in [7, 11) is -3.25. The lowest BCUT2D eigenvalue weighted by Gasteiger charge is -2.24. The van der Waals surface area contributed by atoms with Crippen LogP contribution >= 0.6 is 0 Å². The molecule has 3 aromatic rings. The molecular formula is C20H22N4O3S. The van der Waals surface area contributed by atoms with Gasteiger partial charge in [0.1, 0.15) is 0 Å². The summed E-state index contributed by atoms with van der Waals surface area (Å²) >= 11 is 0. The number of nitrogens with two attached hydrogens (primary N) is 1. The van der Waals surface area contributed by atoms with Gasteiger partial charge in [0.05, 0.1) is 16.1 Å². The molecule has 8 heteroatoms. The van der Waals surface area contributed by atoms with E-state index in [9.17, 15) is 13.2 Å². The molecule has 3 N–H and O–H groups in total. The van der Waals surface area contributed by atoms with E-state index < -0.39 is 15.7 Å². The molecule has 0 spiro atoms. The molecule has 1 aromatic heterocycles. The summed E-state index contributed by atoms with van der Waals surface area (Å²) in [4.78, 5) is 12.0. The number of rotatable bonds is 4. The molecule has 146 valence electrons. The van der Waals surface area contributed by atoms with Crippen molar-refractivity contribution in [2.45, 2.75) is 31.2 Å². The van der Waals surface area contributed by atoms with E-state index in [4.69, 9.17) is 5.73 Å². The third-order valence-electron chi connectivity index (χ3n) is 4.11. The van der Waals surface area contributed by atoms with Gasteiger partial charge >= 0.3 is 0 Å². The topological polar surface area (TPSA) is 115 Å². The Hall–Kier alpha value is -3.00. The Kier molecular flexibility index (Phi) is 4.84. The number of carbonyl (C=O) groups is 1. The number of benzene rings is 2. The van der Waals surface area contributed by atoms with Crippen LogP contribution in [-0.2, 0) is 9.84 Å². The highest BCUT2D eigenvalue weighted by Gasteiger charge is 2.20. The molecule has 0 saturated heterocycles. The number of primary amides is 1. The van der Waals surface area contributed by atoms with Crippen molar-refractivity contribution in [1.82, 2.24) is 10.2 Å². The Morgan fingerprint density at radius 2 is 1.61 bits per heavy atom. The van der Waals surface area contributed by atoms with Crippen LogP contribution in [0, 0.1) is 0 Å². The van der Waals surface area contributed by atoms with Crippen LogP contribution < -0.4 is 11.1 Å². The molecule has 0 unspecified atom stereocenters. The maximum absolute atomic E-state index is 11.8. The van der Waals surface area contributed by atoms with Gasteiger partial charge in [0.15, 0.2) is 15.5 Å². The number of aromatic nitrogens is 2. The first-order valence-corrected chi connectivity index (χ1v) is 10.5.